The van der Waals surface area contributed by atoms with Crippen LogP contribution in [0.2, 0.25) is 0 Å². The Kier molecular flexibility index (Phi) is 4.30. The van der Waals surface area contributed by atoms with Gasteiger partial charge in [-0.2, -0.15) is 10.2 Å². The second kappa shape index (κ2) is 6.37. The smallest absolute Gasteiger partial charge is 0.233 e. The molecular weight excluding hydrogens is 342 g/mol. The van der Waals surface area contributed by atoms with Gasteiger partial charge in [0.1, 0.15) is 17.5 Å². The maximum atomic E-state index is 9.03. The van der Waals surface area contributed by atoms with Crippen molar-refractivity contribution in [3.63, 3.8) is 0 Å². The van der Waals surface area contributed by atoms with Crippen LogP contribution in [0.4, 0.5) is 5.82 Å². The third-order valence-electron chi connectivity index (χ3n) is 3.95. The minimum atomic E-state index is 0.228. The Balaban J connectivity index is 1.89. The van der Waals surface area contributed by atoms with Crippen LogP contribution in [-0.4, -0.2) is 12.1 Å². The molecule has 0 spiro atoms. The summed E-state index contributed by atoms with van der Waals surface area (Å²) in [5, 5.41) is 12.5. The number of nitrogens with zero attached hydrogens (tertiary/aromatic N) is 2. The first-order valence-corrected chi connectivity index (χ1v) is 8.01. The average molecular weight is 358 g/mol. The number of nitriles is 1. The van der Waals surface area contributed by atoms with Gasteiger partial charge in [0.25, 0.3) is 0 Å². The summed E-state index contributed by atoms with van der Waals surface area (Å²) in [6.07, 6.45) is 3.30. The summed E-state index contributed by atoms with van der Waals surface area (Å²) < 4.78 is 6.34. The van der Waals surface area contributed by atoms with Gasteiger partial charge in [-0.15, -0.1) is 0 Å². The maximum Gasteiger partial charge on any atom is 0.233 e. The largest absolute Gasteiger partial charge is 0.480 e. The predicted molar refractivity (Wildman–Crippen MR) is 88.9 cm³/mol. The van der Waals surface area contributed by atoms with Gasteiger partial charge in [0, 0.05) is 4.47 Å². The zero-order chi connectivity index (χ0) is 15.5. The van der Waals surface area contributed by atoms with E-state index >= 15 is 0 Å². The molecule has 0 radical (unpaired) electrons. The van der Waals surface area contributed by atoms with Crippen LogP contribution in [0, 0.1) is 11.3 Å². The van der Waals surface area contributed by atoms with Crippen LogP contribution >= 0.6 is 15.9 Å². The highest BCUT2D eigenvalue weighted by Crippen LogP contribution is 2.36. The summed E-state index contributed by atoms with van der Waals surface area (Å²) in [5.74, 6) is 1.09. The molecule has 0 bridgehead atoms. The van der Waals surface area contributed by atoms with Crippen molar-refractivity contribution >= 4 is 21.7 Å². The van der Waals surface area contributed by atoms with E-state index in [0.29, 0.717) is 11.4 Å². The summed E-state index contributed by atoms with van der Waals surface area (Å²) in [5.41, 5.74) is 3.12. The molecule has 1 N–H and O–H groups in total. The van der Waals surface area contributed by atoms with Gasteiger partial charge in [0.05, 0.1) is 13.2 Å². The number of aromatic nitrogens is 1. The van der Waals surface area contributed by atoms with Gasteiger partial charge in [-0.1, -0.05) is 28.1 Å². The van der Waals surface area contributed by atoms with Gasteiger partial charge in [0.2, 0.25) is 5.88 Å². The maximum absolute atomic E-state index is 9.03. The Bertz CT molecular complexity index is 739. The fourth-order valence-corrected chi connectivity index (χ4v) is 3.47. The first-order valence-electron chi connectivity index (χ1n) is 7.22. The van der Waals surface area contributed by atoms with Crippen molar-refractivity contribution in [3.05, 3.63) is 51.5 Å². The number of halogens is 1. The summed E-state index contributed by atoms with van der Waals surface area (Å²) in [6, 6.07) is 12.2. The molecule has 4 nitrogen and oxygen atoms in total. The minimum Gasteiger partial charge on any atom is -0.480 e. The van der Waals surface area contributed by atoms with E-state index in [4.69, 9.17) is 10.00 Å². The van der Waals surface area contributed by atoms with Crippen molar-refractivity contribution in [1.82, 2.24) is 4.98 Å². The third kappa shape index (κ3) is 2.79. The van der Waals surface area contributed by atoms with Crippen molar-refractivity contribution in [3.8, 4) is 11.9 Å². The molecular formula is C17H16BrN3O. The summed E-state index contributed by atoms with van der Waals surface area (Å²) in [4.78, 5) is 4.38. The van der Waals surface area contributed by atoms with Gasteiger partial charge in [-0.05, 0) is 48.6 Å². The lowest BCUT2D eigenvalue weighted by atomic mass is 9.88. The van der Waals surface area contributed by atoms with E-state index in [-0.39, 0.29) is 6.04 Å². The number of nitrogens with one attached hydrogen (secondary N) is 1. The van der Waals surface area contributed by atoms with Crippen molar-refractivity contribution in [2.24, 2.45) is 0 Å². The van der Waals surface area contributed by atoms with Gasteiger partial charge in [-0.3, -0.25) is 0 Å². The number of benzene rings is 1. The van der Waals surface area contributed by atoms with Gasteiger partial charge >= 0.3 is 0 Å². The molecule has 1 atom stereocenters. The Hall–Kier alpha value is -2.06. The van der Waals surface area contributed by atoms with Crippen molar-refractivity contribution in [1.29, 1.82) is 5.26 Å². The molecule has 1 aliphatic carbocycles. The molecule has 0 saturated carbocycles. The lowest BCUT2D eigenvalue weighted by Crippen LogP contribution is -2.18. The van der Waals surface area contributed by atoms with Gasteiger partial charge in [0.15, 0.2) is 0 Å². The van der Waals surface area contributed by atoms with Crippen LogP contribution < -0.4 is 10.1 Å². The molecule has 0 saturated heterocycles. The molecule has 1 unspecified atom stereocenters. The minimum absolute atomic E-state index is 0.228. The number of hydrogen-bond donors (Lipinski definition) is 1. The van der Waals surface area contributed by atoms with E-state index in [1.165, 1.54) is 22.7 Å². The SMILES string of the molecule is COc1nc(NC2CCCc3c(Br)cccc32)ccc1C#N. The zero-order valence-electron chi connectivity index (χ0n) is 12.3. The molecule has 1 aliphatic rings. The zero-order valence-corrected chi connectivity index (χ0v) is 13.9. The second-order valence-corrected chi connectivity index (χ2v) is 6.12. The normalized spacial score (nSPS) is 16.5. The van der Waals surface area contributed by atoms with E-state index in [0.717, 1.165) is 25.1 Å². The van der Waals surface area contributed by atoms with Crippen LogP contribution in [0.15, 0.2) is 34.8 Å². The molecule has 0 fully saturated rings. The molecule has 1 heterocycles. The first-order chi connectivity index (χ1) is 10.7. The Morgan fingerprint density at radius 2 is 2.23 bits per heavy atom. The van der Waals surface area contributed by atoms with E-state index in [9.17, 15) is 0 Å². The topological polar surface area (TPSA) is 57.9 Å². The van der Waals surface area contributed by atoms with Crippen LogP contribution in [0.3, 0.4) is 0 Å². The van der Waals surface area contributed by atoms with E-state index in [2.05, 4.69) is 50.5 Å². The Morgan fingerprint density at radius 3 is 3.00 bits per heavy atom. The quantitative estimate of drug-likeness (QED) is 0.893. The molecule has 1 aromatic carbocycles. The Labute approximate surface area is 138 Å². The third-order valence-corrected chi connectivity index (χ3v) is 4.69. The number of ether oxygens (including phenoxy) is 1. The monoisotopic (exact) mass is 357 g/mol. The van der Waals surface area contributed by atoms with Crippen LogP contribution in [0.5, 0.6) is 5.88 Å². The van der Waals surface area contributed by atoms with Crippen molar-refractivity contribution < 1.29 is 4.74 Å². The molecule has 0 amide bonds. The summed E-state index contributed by atoms with van der Waals surface area (Å²) in [6.45, 7) is 0. The van der Waals surface area contributed by atoms with Crippen LogP contribution in [0.25, 0.3) is 0 Å². The highest BCUT2D eigenvalue weighted by molar-refractivity contribution is 9.10. The molecule has 112 valence electrons. The van der Waals surface area contributed by atoms with Crippen molar-refractivity contribution in [2.75, 3.05) is 12.4 Å². The highest BCUT2D eigenvalue weighted by atomic mass is 79.9. The predicted octanol–water partition coefficient (Wildman–Crippen LogP) is 4.21. The second-order valence-electron chi connectivity index (χ2n) is 5.26. The van der Waals surface area contributed by atoms with Crippen LogP contribution in [0.1, 0.15) is 35.6 Å². The number of hydrogen-bond acceptors (Lipinski definition) is 4. The fourth-order valence-electron chi connectivity index (χ4n) is 2.89. The average Bonchev–Trinajstić information content (AvgIpc) is 2.55. The number of methoxy groups -OCH3 is 1. The standard InChI is InChI=1S/C17H16BrN3O/c1-22-17-11(10-19)8-9-16(21-17)20-15-7-3-4-12-13(15)5-2-6-14(12)18/h2,5-6,8-9,15H,3-4,7H2,1H3,(H,20,21). The highest BCUT2D eigenvalue weighted by Gasteiger charge is 2.22. The summed E-state index contributed by atoms with van der Waals surface area (Å²) >= 11 is 3.64. The molecule has 1 aromatic heterocycles. The van der Waals surface area contributed by atoms with E-state index < -0.39 is 0 Å². The molecule has 22 heavy (non-hydrogen) atoms. The van der Waals surface area contributed by atoms with E-state index in [1.54, 1.807) is 6.07 Å². The van der Waals surface area contributed by atoms with Crippen molar-refractivity contribution in [2.45, 2.75) is 25.3 Å². The number of anilines is 1. The lowest BCUT2D eigenvalue weighted by molar-refractivity contribution is 0.397. The number of pyridine rings is 1. The Morgan fingerprint density at radius 1 is 1.36 bits per heavy atom. The van der Waals surface area contributed by atoms with E-state index in [1.807, 2.05) is 6.07 Å². The molecule has 0 aliphatic heterocycles. The fraction of sp³-hybridized carbons (Fsp3) is 0.294. The first kappa shape index (κ1) is 14.9. The van der Waals surface area contributed by atoms with Crippen LogP contribution in [-0.2, 0) is 6.42 Å². The number of fused-ring (bicyclic) bond motifs is 1. The molecule has 2 aromatic rings. The molecule has 3 rings (SSSR count). The van der Waals surface area contributed by atoms with Gasteiger partial charge < -0.3 is 10.1 Å². The summed E-state index contributed by atoms with van der Waals surface area (Å²) in [7, 11) is 1.53. The van der Waals surface area contributed by atoms with Gasteiger partial charge in [-0.25, -0.2) is 0 Å². The number of rotatable bonds is 3. The molecule has 5 heteroatoms. The lowest BCUT2D eigenvalue weighted by Gasteiger charge is -2.27.